The lowest BCUT2D eigenvalue weighted by atomic mass is 10.2. The van der Waals surface area contributed by atoms with Crippen LogP contribution >= 0.6 is 23.4 Å². The van der Waals surface area contributed by atoms with Crippen LogP contribution in [0.15, 0.2) is 52.5 Å². The molecule has 0 aliphatic carbocycles. The number of fused-ring (bicyclic) bond motifs is 1. The Bertz CT molecular complexity index is 1320. The second-order valence-corrected chi connectivity index (χ2v) is 8.45. The summed E-state index contributed by atoms with van der Waals surface area (Å²) in [5, 5.41) is 14.1. The molecule has 2 heterocycles. The van der Waals surface area contributed by atoms with Crippen molar-refractivity contribution in [2.75, 3.05) is 0 Å². The third-order valence-electron chi connectivity index (χ3n) is 4.94. The van der Waals surface area contributed by atoms with Crippen molar-refractivity contribution in [1.82, 2.24) is 14.3 Å². The number of halogens is 3. The van der Waals surface area contributed by atoms with Crippen molar-refractivity contribution in [3.8, 4) is 5.69 Å². The van der Waals surface area contributed by atoms with E-state index in [1.54, 1.807) is 28.4 Å². The predicted molar refractivity (Wildman–Crippen MR) is 117 cm³/mol. The van der Waals surface area contributed by atoms with Gasteiger partial charge in [-0.15, -0.1) is 0 Å². The van der Waals surface area contributed by atoms with Gasteiger partial charge in [0.05, 0.1) is 28.0 Å². The topological polar surface area (TPSA) is 60.0 Å². The fourth-order valence-corrected chi connectivity index (χ4v) is 4.77. The summed E-state index contributed by atoms with van der Waals surface area (Å²) < 4.78 is 33.4. The van der Waals surface area contributed by atoms with E-state index in [1.807, 2.05) is 13.1 Å². The summed E-state index contributed by atoms with van der Waals surface area (Å²) in [6, 6.07) is 7.33. The number of aryl methyl sites for hydroxylation is 1. The zero-order valence-corrected chi connectivity index (χ0v) is 18.3. The first-order valence-electron chi connectivity index (χ1n) is 9.55. The van der Waals surface area contributed by atoms with Crippen LogP contribution in [0.5, 0.6) is 0 Å². The van der Waals surface area contributed by atoms with Gasteiger partial charge in [-0.05, 0) is 37.6 Å². The molecule has 0 atom stereocenters. The van der Waals surface area contributed by atoms with E-state index >= 15 is 4.39 Å². The van der Waals surface area contributed by atoms with Crippen LogP contribution in [-0.4, -0.2) is 25.4 Å². The Morgan fingerprint density at radius 3 is 2.71 bits per heavy atom. The van der Waals surface area contributed by atoms with Gasteiger partial charge in [-0.25, -0.2) is 13.6 Å². The first-order chi connectivity index (χ1) is 14.8. The fourth-order valence-electron chi connectivity index (χ4n) is 3.54. The predicted octanol–water partition coefficient (Wildman–Crippen LogP) is 6.33. The van der Waals surface area contributed by atoms with E-state index in [-0.39, 0.29) is 15.4 Å². The van der Waals surface area contributed by atoms with Crippen LogP contribution in [0.3, 0.4) is 0 Å². The van der Waals surface area contributed by atoms with Crippen LogP contribution in [0, 0.1) is 18.6 Å². The molecule has 4 aromatic rings. The molecule has 4 rings (SSSR count). The maximum atomic E-state index is 15.1. The van der Waals surface area contributed by atoms with Gasteiger partial charge in [-0.3, -0.25) is 4.68 Å². The summed E-state index contributed by atoms with van der Waals surface area (Å²) in [5.74, 6) is -2.76. The molecule has 9 heteroatoms. The van der Waals surface area contributed by atoms with Crippen LogP contribution in [0.1, 0.15) is 29.4 Å². The van der Waals surface area contributed by atoms with E-state index in [9.17, 15) is 14.3 Å². The Morgan fingerprint density at radius 1 is 1.23 bits per heavy atom. The standard InChI is InChI=1S/C22H18ClF2N3O2S/c1-3-9-27-11-13(10-26-27)28-12(2)21(15-7-8-16(23)19(25)20(15)28)31-17-6-4-5-14(18(17)24)22(29)30/h4-8,10-11H,3,9H2,1-2H3,(H,29,30). The molecule has 31 heavy (non-hydrogen) atoms. The molecule has 1 N–H and O–H groups in total. The molecule has 160 valence electrons. The molecule has 0 amide bonds. The molecule has 0 radical (unpaired) electrons. The Morgan fingerprint density at radius 2 is 2.00 bits per heavy atom. The highest BCUT2D eigenvalue weighted by molar-refractivity contribution is 7.99. The average molecular weight is 462 g/mol. The lowest BCUT2D eigenvalue weighted by molar-refractivity contribution is 0.0691. The number of carboxylic acids is 1. The summed E-state index contributed by atoms with van der Waals surface area (Å²) in [6.07, 6.45) is 4.35. The molecule has 0 bridgehead atoms. The number of carbonyl (C=O) groups is 1. The van der Waals surface area contributed by atoms with Crippen LogP contribution in [0.4, 0.5) is 8.78 Å². The van der Waals surface area contributed by atoms with Crippen molar-refractivity contribution in [3.63, 3.8) is 0 Å². The third kappa shape index (κ3) is 3.70. The van der Waals surface area contributed by atoms with Gasteiger partial charge >= 0.3 is 5.97 Å². The van der Waals surface area contributed by atoms with E-state index in [0.29, 0.717) is 21.7 Å². The minimum Gasteiger partial charge on any atom is -0.478 e. The molecule has 0 aliphatic heterocycles. The minimum absolute atomic E-state index is 0.0252. The summed E-state index contributed by atoms with van der Waals surface area (Å²) in [4.78, 5) is 12.1. The quantitative estimate of drug-likeness (QED) is 0.364. The Hall–Kier alpha value is -2.84. The lowest BCUT2D eigenvalue weighted by Gasteiger charge is -2.08. The van der Waals surface area contributed by atoms with E-state index in [2.05, 4.69) is 5.10 Å². The van der Waals surface area contributed by atoms with E-state index in [0.717, 1.165) is 24.7 Å². The van der Waals surface area contributed by atoms with Crippen LogP contribution in [-0.2, 0) is 6.54 Å². The van der Waals surface area contributed by atoms with Gasteiger partial charge in [0.25, 0.3) is 0 Å². The Balaban J connectivity index is 1.93. The summed E-state index contributed by atoms with van der Waals surface area (Å²) >= 11 is 7.12. The number of nitrogens with zero attached hydrogens (tertiary/aromatic N) is 3. The van der Waals surface area contributed by atoms with Crippen LogP contribution in [0.25, 0.3) is 16.6 Å². The molecular weight excluding hydrogens is 444 g/mol. The first kappa shape index (κ1) is 21.4. The maximum absolute atomic E-state index is 15.1. The maximum Gasteiger partial charge on any atom is 0.338 e. The molecule has 2 aromatic heterocycles. The average Bonchev–Trinajstić information content (AvgIpc) is 3.29. The SMILES string of the molecule is CCCn1cc(-n2c(C)c(Sc3cccc(C(=O)O)c3F)c3ccc(Cl)c(F)c32)cn1. The highest BCUT2D eigenvalue weighted by Crippen LogP contribution is 2.42. The zero-order valence-electron chi connectivity index (χ0n) is 16.7. The first-order valence-corrected chi connectivity index (χ1v) is 10.7. The molecule has 0 aliphatic rings. The minimum atomic E-state index is -1.35. The highest BCUT2D eigenvalue weighted by Gasteiger charge is 2.23. The normalized spacial score (nSPS) is 11.4. The van der Waals surface area contributed by atoms with Gasteiger partial charge < -0.3 is 9.67 Å². The van der Waals surface area contributed by atoms with Gasteiger partial charge in [0, 0.05) is 33.6 Å². The molecule has 0 unspecified atom stereocenters. The number of hydrogen-bond donors (Lipinski definition) is 1. The third-order valence-corrected chi connectivity index (χ3v) is 6.48. The smallest absolute Gasteiger partial charge is 0.338 e. The van der Waals surface area contributed by atoms with Gasteiger partial charge in [0.15, 0.2) is 11.6 Å². The molecule has 0 saturated carbocycles. The highest BCUT2D eigenvalue weighted by atomic mass is 35.5. The molecule has 0 fully saturated rings. The lowest BCUT2D eigenvalue weighted by Crippen LogP contribution is -2.01. The number of carboxylic acid groups (broad SMARTS) is 1. The van der Waals surface area contributed by atoms with Gasteiger partial charge in [0.2, 0.25) is 0 Å². The summed E-state index contributed by atoms with van der Waals surface area (Å²) in [7, 11) is 0. The number of hydrogen-bond acceptors (Lipinski definition) is 3. The number of aromatic nitrogens is 3. The van der Waals surface area contributed by atoms with Gasteiger partial charge in [-0.2, -0.15) is 5.10 Å². The summed E-state index contributed by atoms with van der Waals surface area (Å²) in [5.41, 5.74) is 1.17. The molecule has 5 nitrogen and oxygen atoms in total. The van der Waals surface area contributed by atoms with Crippen LogP contribution < -0.4 is 0 Å². The zero-order chi connectivity index (χ0) is 22.3. The van der Waals surface area contributed by atoms with Crippen LogP contribution in [0.2, 0.25) is 5.02 Å². The van der Waals surface area contributed by atoms with Crippen molar-refractivity contribution >= 4 is 40.2 Å². The molecule has 0 saturated heterocycles. The van der Waals surface area contributed by atoms with Gasteiger partial charge in [-0.1, -0.05) is 36.4 Å². The molecule has 0 spiro atoms. The number of rotatable bonds is 6. The van der Waals surface area contributed by atoms with Crippen molar-refractivity contribution in [2.24, 2.45) is 0 Å². The monoisotopic (exact) mass is 461 g/mol. The van der Waals surface area contributed by atoms with E-state index in [4.69, 9.17) is 11.6 Å². The van der Waals surface area contributed by atoms with E-state index < -0.39 is 23.2 Å². The molecular formula is C22H18ClF2N3O2S. The van der Waals surface area contributed by atoms with E-state index in [1.165, 1.54) is 24.3 Å². The largest absolute Gasteiger partial charge is 0.478 e. The Kier molecular flexibility index (Phi) is 5.77. The van der Waals surface area contributed by atoms with Gasteiger partial charge in [0.1, 0.15) is 0 Å². The summed E-state index contributed by atoms with van der Waals surface area (Å²) in [6.45, 7) is 4.55. The Labute approximate surface area is 186 Å². The number of aromatic carboxylic acids is 1. The van der Waals surface area contributed by atoms with Crippen molar-refractivity contribution < 1.29 is 18.7 Å². The second-order valence-electron chi connectivity index (χ2n) is 6.99. The second kappa shape index (κ2) is 8.36. The molecule has 2 aromatic carbocycles. The fraction of sp³-hybridized carbons (Fsp3) is 0.182. The van der Waals surface area contributed by atoms with Crippen molar-refractivity contribution in [2.45, 2.75) is 36.6 Å². The van der Waals surface area contributed by atoms with Crippen molar-refractivity contribution in [1.29, 1.82) is 0 Å². The number of benzene rings is 2. The van der Waals surface area contributed by atoms with Crippen molar-refractivity contribution in [3.05, 3.63) is 70.6 Å².